The standard InChI is InChI=1S/C19H20ClNO4S/c1-12(13-7-9-14(20)10-8-13)19(22)21-16-11-25-17-6-4-3-5-15(17)18(16)26(2,23)24/h3-10,12,16,18H,11H2,1-2H3,(H,21,22)/t12-,16+,18+/m0/s1. The summed E-state index contributed by atoms with van der Waals surface area (Å²) in [5.74, 6) is -0.155. The Morgan fingerprint density at radius 1 is 1.19 bits per heavy atom. The van der Waals surface area contributed by atoms with E-state index >= 15 is 0 Å². The summed E-state index contributed by atoms with van der Waals surface area (Å²) >= 11 is 5.88. The average molecular weight is 394 g/mol. The quantitative estimate of drug-likeness (QED) is 0.866. The molecule has 0 fully saturated rings. The summed E-state index contributed by atoms with van der Waals surface area (Å²) in [5, 5.41) is 2.61. The topological polar surface area (TPSA) is 72.5 Å². The zero-order valence-corrected chi connectivity index (χ0v) is 16.0. The van der Waals surface area contributed by atoms with Gasteiger partial charge in [-0.15, -0.1) is 0 Å². The molecule has 0 aromatic heterocycles. The number of para-hydroxylation sites is 1. The Labute approximate surface area is 158 Å². The fraction of sp³-hybridized carbons (Fsp3) is 0.316. The molecule has 0 aliphatic carbocycles. The number of hydrogen-bond donors (Lipinski definition) is 1. The molecule has 0 radical (unpaired) electrons. The van der Waals surface area contributed by atoms with Gasteiger partial charge in [0.2, 0.25) is 5.91 Å². The Kier molecular flexibility index (Phi) is 5.25. The van der Waals surface area contributed by atoms with Crippen LogP contribution in [0.15, 0.2) is 48.5 Å². The average Bonchev–Trinajstić information content (AvgIpc) is 2.60. The van der Waals surface area contributed by atoms with E-state index in [1.54, 1.807) is 55.5 Å². The van der Waals surface area contributed by atoms with Gasteiger partial charge in [0, 0.05) is 16.8 Å². The van der Waals surface area contributed by atoms with E-state index in [4.69, 9.17) is 16.3 Å². The van der Waals surface area contributed by atoms with Crippen LogP contribution in [0.25, 0.3) is 0 Å². The maximum atomic E-state index is 12.7. The Morgan fingerprint density at radius 2 is 1.85 bits per heavy atom. The molecule has 1 aliphatic rings. The predicted molar refractivity (Wildman–Crippen MR) is 101 cm³/mol. The van der Waals surface area contributed by atoms with Gasteiger partial charge in [-0.3, -0.25) is 4.79 Å². The fourth-order valence-corrected chi connectivity index (χ4v) is 4.71. The van der Waals surface area contributed by atoms with Gasteiger partial charge >= 0.3 is 0 Å². The van der Waals surface area contributed by atoms with E-state index in [0.29, 0.717) is 16.3 Å². The normalized spacial score (nSPS) is 20.6. The molecule has 0 bridgehead atoms. The van der Waals surface area contributed by atoms with Crippen LogP contribution in [0.3, 0.4) is 0 Å². The number of nitrogens with one attached hydrogen (secondary N) is 1. The molecule has 0 saturated heterocycles. The molecular formula is C19H20ClNO4S. The summed E-state index contributed by atoms with van der Waals surface area (Å²) in [6.07, 6.45) is 1.18. The van der Waals surface area contributed by atoms with Crippen LogP contribution < -0.4 is 10.1 Å². The zero-order chi connectivity index (χ0) is 18.9. The molecular weight excluding hydrogens is 374 g/mol. The summed E-state index contributed by atoms with van der Waals surface area (Å²) < 4.78 is 30.5. The summed E-state index contributed by atoms with van der Waals surface area (Å²) in [6, 6.07) is 13.4. The highest BCUT2D eigenvalue weighted by molar-refractivity contribution is 7.91. The number of carbonyl (C=O) groups excluding carboxylic acids is 1. The molecule has 1 N–H and O–H groups in total. The first kappa shape index (κ1) is 18.7. The number of sulfone groups is 1. The third-order valence-electron chi connectivity index (χ3n) is 4.56. The van der Waals surface area contributed by atoms with Crippen molar-refractivity contribution in [3.05, 3.63) is 64.7 Å². The van der Waals surface area contributed by atoms with E-state index in [1.165, 1.54) is 6.26 Å². The van der Waals surface area contributed by atoms with Gasteiger partial charge in [-0.2, -0.15) is 0 Å². The lowest BCUT2D eigenvalue weighted by Gasteiger charge is -2.33. The first-order valence-electron chi connectivity index (χ1n) is 8.24. The molecule has 5 nitrogen and oxygen atoms in total. The molecule has 26 heavy (non-hydrogen) atoms. The Balaban J connectivity index is 1.84. The number of fused-ring (bicyclic) bond motifs is 1. The van der Waals surface area contributed by atoms with Gasteiger partial charge in [-0.1, -0.05) is 41.9 Å². The van der Waals surface area contributed by atoms with Gasteiger partial charge in [0.1, 0.15) is 17.6 Å². The van der Waals surface area contributed by atoms with E-state index in [9.17, 15) is 13.2 Å². The number of amides is 1. The smallest absolute Gasteiger partial charge is 0.227 e. The third-order valence-corrected chi connectivity index (χ3v) is 6.32. The lowest BCUT2D eigenvalue weighted by Crippen LogP contribution is -2.48. The maximum absolute atomic E-state index is 12.7. The zero-order valence-electron chi connectivity index (χ0n) is 14.5. The van der Waals surface area contributed by atoms with Crippen LogP contribution >= 0.6 is 11.6 Å². The number of ether oxygens (including phenoxy) is 1. The number of rotatable bonds is 4. The van der Waals surface area contributed by atoms with Gasteiger partial charge in [0.25, 0.3) is 0 Å². The largest absolute Gasteiger partial charge is 0.491 e. The first-order chi connectivity index (χ1) is 12.3. The monoisotopic (exact) mass is 393 g/mol. The van der Waals surface area contributed by atoms with Crippen LogP contribution in [0, 0.1) is 0 Å². The minimum absolute atomic E-state index is 0.105. The Bertz CT molecular complexity index is 911. The SMILES string of the molecule is C[C@H](C(=O)N[C@@H]1COc2ccccc2[C@H]1S(C)(=O)=O)c1ccc(Cl)cc1. The maximum Gasteiger partial charge on any atom is 0.227 e. The van der Waals surface area contributed by atoms with E-state index in [-0.39, 0.29) is 12.5 Å². The van der Waals surface area contributed by atoms with Crippen molar-refractivity contribution in [3.63, 3.8) is 0 Å². The van der Waals surface area contributed by atoms with E-state index in [0.717, 1.165) is 5.56 Å². The van der Waals surface area contributed by atoms with E-state index < -0.39 is 27.0 Å². The molecule has 0 saturated carbocycles. The van der Waals surface area contributed by atoms with Crippen molar-refractivity contribution in [3.8, 4) is 5.75 Å². The highest BCUT2D eigenvalue weighted by Crippen LogP contribution is 2.37. The van der Waals surface area contributed by atoms with Crippen LogP contribution in [0.5, 0.6) is 5.75 Å². The molecule has 0 unspecified atom stereocenters. The number of halogens is 1. The molecule has 7 heteroatoms. The van der Waals surface area contributed by atoms with Gasteiger partial charge in [-0.05, 0) is 30.7 Å². The summed E-state index contributed by atoms with van der Waals surface area (Å²) in [5.41, 5.74) is 1.38. The second kappa shape index (κ2) is 7.29. The molecule has 138 valence electrons. The molecule has 1 amide bonds. The molecule has 2 aromatic carbocycles. The minimum Gasteiger partial charge on any atom is -0.491 e. The first-order valence-corrected chi connectivity index (χ1v) is 10.6. The predicted octanol–water partition coefficient (Wildman–Crippen LogP) is 3.11. The summed E-state index contributed by atoms with van der Waals surface area (Å²) in [7, 11) is -3.44. The Morgan fingerprint density at radius 3 is 2.50 bits per heavy atom. The number of benzene rings is 2. The molecule has 3 rings (SSSR count). The van der Waals surface area contributed by atoms with Crippen molar-refractivity contribution in [2.45, 2.75) is 24.1 Å². The van der Waals surface area contributed by atoms with Gasteiger partial charge in [-0.25, -0.2) is 8.42 Å². The summed E-state index contributed by atoms with van der Waals surface area (Å²) in [6.45, 7) is 1.87. The van der Waals surface area contributed by atoms with Crippen molar-refractivity contribution in [2.24, 2.45) is 0 Å². The molecule has 2 aromatic rings. The minimum atomic E-state index is -3.44. The van der Waals surface area contributed by atoms with Crippen molar-refractivity contribution in [1.82, 2.24) is 5.32 Å². The lowest BCUT2D eigenvalue weighted by atomic mass is 9.98. The van der Waals surface area contributed by atoms with Gasteiger partial charge < -0.3 is 10.1 Å². The molecule has 1 aliphatic heterocycles. The second-order valence-corrected chi connectivity index (χ2v) is 9.09. The van der Waals surface area contributed by atoms with Crippen LogP contribution in [-0.2, 0) is 14.6 Å². The van der Waals surface area contributed by atoms with Crippen molar-refractivity contribution in [1.29, 1.82) is 0 Å². The number of carbonyl (C=O) groups is 1. The van der Waals surface area contributed by atoms with Crippen LogP contribution in [-0.4, -0.2) is 33.2 Å². The van der Waals surface area contributed by atoms with E-state index in [1.807, 2.05) is 0 Å². The van der Waals surface area contributed by atoms with Crippen molar-refractivity contribution >= 4 is 27.3 Å². The fourth-order valence-electron chi connectivity index (χ4n) is 3.19. The van der Waals surface area contributed by atoms with Crippen LogP contribution in [0.2, 0.25) is 5.02 Å². The molecule has 3 atom stereocenters. The Hall–Kier alpha value is -2.05. The van der Waals surface area contributed by atoms with Gasteiger partial charge in [0.15, 0.2) is 9.84 Å². The second-order valence-electron chi connectivity index (χ2n) is 6.49. The number of hydrogen-bond acceptors (Lipinski definition) is 4. The van der Waals surface area contributed by atoms with E-state index in [2.05, 4.69) is 5.32 Å². The lowest BCUT2D eigenvalue weighted by molar-refractivity contribution is -0.123. The van der Waals surface area contributed by atoms with Gasteiger partial charge in [0.05, 0.1) is 12.0 Å². The highest BCUT2D eigenvalue weighted by Gasteiger charge is 2.39. The molecule has 0 spiro atoms. The molecule has 1 heterocycles. The third kappa shape index (κ3) is 3.86. The summed E-state index contributed by atoms with van der Waals surface area (Å²) in [4.78, 5) is 12.7. The van der Waals surface area contributed by atoms with Crippen molar-refractivity contribution in [2.75, 3.05) is 12.9 Å². The highest BCUT2D eigenvalue weighted by atomic mass is 35.5. The van der Waals surface area contributed by atoms with Crippen LogP contribution in [0.1, 0.15) is 29.2 Å². The van der Waals surface area contributed by atoms with Crippen molar-refractivity contribution < 1.29 is 17.9 Å². The van der Waals surface area contributed by atoms with Crippen LogP contribution in [0.4, 0.5) is 0 Å².